The van der Waals surface area contributed by atoms with E-state index in [0.717, 1.165) is 0 Å². The molecule has 0 aromatic heterocycles. The maximum absolute atomic E-state index is 11.8. The number of carboxylic acid groups (broad SMARTS) is 1. The largest absolute Gasteiger partial charge is 0.481 e. The van der Waals surface area contributed by atoms with E-state index in [9.17, 15) is 9.59 Å². The van der Waals surface area contributed by atoms with Gasteiger partial charge in [0, 0.05) is 19.1 Å². The third kappa shape index (κ3) is 3.98. The van der Waals surface area contributed by atoms with Crippen LogP contribution in [0.3, 0.4) is 0 Å². The maximum Gasteiger partial charge on any atom is 0.308 e. The van der Waals surface area contributed by atoms with Crippen molar-refractivity contribution < 1.29 is 14.7 Å². The molecule has 1 aliphatic rings. The van der Waals surface area contributed by atoms with Crippen molar-refractivity contribution in [2.75, 3.05) is 19.6 Å². The Kier molecular flexibility index (Phi) is 5.14. The third-order valence-corrected chi connectivity index (χ3v) is 3.76. The molecule has 1 fully saturated rings. The molecular formula is C13H24N2O3. The molecule has 0 aromatic rings. The number of carboxylic acids is 1. The number of aliphatic carboxylic acids is 1. The Morgan fingerprint density at radius 2 is 1.94 bits per heavy atom. The van der Waals surface area contributed by atoms with Crippen molar-refractivity contribution in [2.24, 2.45) is 17.8 Å². The summed E-state index contributed by atoms with van der Waals surface area (Å²) in [4.78, 5) is 24.7. The van der Waals surface area contributed by atoms with Gasteiger partial charge in [0.15, 0.2) is 0 Å². The Morgan fingerprint density at radius 3 is 2.39 bits per heavy atom. The van der Waals surface area contributed by atoms with Crippen molar-refractivity contribution in [1.82, 2.24) is 10.2 Å². The lowest BCUT2D eigenvalue weighted by atomic mass is 9.99. The summed E-state index contributed by atoms with van der Waals surface area (Å²) in [5.74, 6) is -0.619. The smallest absolute Gasteiger partial charge is 0.308 e. The zero-order valence-corrected chi connectivity index (χ0v) is 11.6. The zero-order valence-electron chi connectivity index (χ0n) is 11.6. The molecular weight excluding hydrogens is 232 g/mol. The topological polar surface area (TPSA) is 69.6 Å². The molecule has 3 unspecified atom stereocenters. The molecule has 1 saturated heterocycles. The van der Waals surface area contributed by atoms with E-state index in [1.165, 1.54) is 0 Å². The van der Waals surface area contributed by atoms with Crippen LogP contribution in [0.1, 0.15) is 27.7 Å². The Labute approximate surface area is 109 Å². The number of likely N-dealkylation sites (tertiary alicyclic amines) is 1. The minimum atomic E-state index is -0.763. The van der Waals surface area contributed by atoms with E-state index in [1.54, 1.807) is 0 Å². The predicted octanol–water partition coefficient (Wildman–Crippen LogP) is 0.800. The molecule has 1 rings (SSSR count). The van der Waals surface area contributed by atoms with Crippen LogP contribution in [0, 0.1) is 17.8 Å². The number of amides is 1. The minimum absolute atomic E-state index is 0.0190. The average molecular weight is 256 g/mol. The highest BCUT2D eigenvalue weighted by Gasteiger charge is 2.35. The summed E-state index contributed by atoms with van der Waals surface area (Å²) in [7, 11) is 0. The number of hydrogen-bond donors (Lipinski definition) is 2. The lowest BCUT2D eigenvalue weighted by molar-refractivity contribution is -0.142. The van der Waals surface area contributed by atoms with Gasteiger partial charge in [0.05, 0.1) is 12.5 Å². The number of hydrogen-bond acceptors (Lipinski definition) is 3. The Balaban J connectivity index is 2.40. The first-order valence-electron chi connectivity index (χ1n) is 6.55. The predicted molar refractivity (Wildman–Crippen MR) is 69.2 cm³/mol. The monoisotopic (exact) mass is 256 g/mol. The molecule has 1 amide bonds. The molecule has 0 radical (unpaired) electrons. The molecule has 0 aliphatic carbocycles. The average Bonchev–Trinajstić information content (AvgIpc) is 2.58. The standard InChI is InChI=1S/C13H24N2O3/c1-8(2)10(4)14-12(16)7-15-5-9(3)11(6-15)13(17)18/h8-11H,5-7H2,1-4H3,(H,14,16)(H,17,18). The normalized spacial score (nSPS) is 26.3. The van der Waals surface area contributed by atoms with Gasteiger partial charge in [-0.15, -0.1) is 0 Å². The fourth-order valence-corrected chi connectivity index (χ4v) is 2.19. The van der Waals surface area contributed by atoms with Crippen LogP contribution in [-0.2, 0) is 9.59 Å². The van der Waals surface area contributed by atoms with Gasteiger partial charge in [-0.1, -0.05) is 20.8 Å². The SMILES string of the molecule is CC(C)C(C)NC(=O)CN1CC(C)C(C(=O)O)C1. The van der Waals surface area contributed by atoms with E-state index in [1.807, 2.05) is 18.7 Å². The highest BCUT2D eigenvalue weighted by atomic mass is 16.4. The van der Waals surface area contributed by atoms with Crippen molar-refractivity contribution in [1.29, 1.82) is 0 Å². The molecule has 1 heterocycles. The first-order chi connectivity index (χ1) is 8.31. The lowest BCUT2D eigenvalue weighted by Gasteiger charge is -2.20. The van der Waals surface area contributed by atoms with Crippen molar-refractivity contribution in [2.45, 2.75) is 33.7 Å². The quantitative estimate of drug-likeness (QED) is 0.763. The molecule has 3 atom stereocenters. The summed E-state index contributed by atoms with van der Waals surface area (Å²) in [6.07, 6.45) is 0. The molecule has 18 heavy (non-hydrogen) atoms. The highest BCUT2D eigenvalue weighted by Crippen LogP contribution is 2.22. The van der Waals surface area contributed by atoms with Crippen LogP contribution < -0.4 is 5.32 Å². The zero-order chi connectivity index (χ0) is 13.9. The Morgan fingerprint density at radius 1 is 1.33 bits per heavy atom. The Bertz CT molecular complexity index is 317. The first-order valence-corrected chi connectivity index (χ1v) is 6.55. The van der Waals surface area contributed by atoms with Crippen LogP contribution in [0.2, 0.25) is 0 Å². The van der Waals surface area contributed by atoms with Crippen LogP contribution in [0.25, 0.3) is 0 Å². The molecule has 2 N–H and O–H groups in total. The molecule has 5 nitrogen and oxygen atoms in total. The molecule has 1 aliphatic heterocycles. The van der Waals surface area contributed by atoms with Crippen LogP contribution in [0.4, 0.5) is 0 Å². The van der Waals surface area contributed by atoms with Crippen molar-refractivity contribution in [3.8, 4) is 0 Å². The third-order valence-electron chi connectivity index (χ3n) is 3.76. The lowest BCUT2D eigenvalue weighted by Crippen LogP contribution is -2.42. The summed E-state index contributed by atoms with van der Waals surface area (Å²) in [6.45, 7) is 9.47. The number of carbonyl (C=O) groups is 2. The molecule has 0 aromatic carbocycles. The van der Waals surface area contributed by atoms with Gasteiger partial charge >= 0.3 is 5.97 Å². The van der Waals surface area contributed by atoms with Crippen LogP contribution in [0.15, 0.2) is 0 Å². The number of carbonyl (C=O) groups excluding carboxylic acids is 1. The fraction of sp³-hybridized carbons (Fsp3) is 0.846. The summed E-state index contributed by atoms with van der Waals surface area (Å²) in [5.41, 5.74) is 0. The summed E-state index contributed by atoms with van der Waals surface area (Å²) >= 11 is 0. The van der Waals surface area contributed by atoms with Crippen molar-refractivity contribution in [3.63, 3.8) is 0 Å². The van der Waals surface area contributed by atoms with E-state index >= 15 is 0 Å². The summed E-state index contributed by atoms with van der Waals surface area (Å²) < 4.78 is 0. The van der Waals surface area contributed by atoms with E-state index < -0.39 is 5.97 Å². The van der Waals surface area contributed by atoms with Crippen LogP contribution in [0.5, 0.6) is 0 Å². The van der Waals surface area contributed by atoms with Gasteiger partial charge in [-0.2, -0.15) is 0 Å². The highest BCUT2D eigenvalue weighted by molar-refractivity contribution is 5.78. The summed E-state index contributed by atoms with van der Waals surface area (Å²) in [6, 6.07) is 0.146. The minimum Gasteiger partial charge on any atom is -0.481 e. The van der Waals surface area contributed by atoms with Gasteiger partial charge in [-0.05, 0) is 18.8 Å². The van der Waals surface area contributed by atoms with Gasteiger partial charge in [0.2, 0.25) is 5.91 Å². The number of rotatable bonds is 5. The van der Waals surface area contributed by atoms with E-state index in [0.29, 0.717) is 25.6 Å². The van der Waals surface area contributed by atoms with E-state index in [4.69, 9.17) is 5.11 Å². The van der Waals surface area contributed by atoms with E-state index in [2.05, 4.69) is 19.2 Å². The van der Waals surface area contributed by atoms with Crippen LogP contribution >= 0.6 is 0 Å². The second kappa shape index (κ2) is 6.18. The molecule has 0 spiro atoms. The van der Waals surface area contributed by atoms with Gasteiger partial charge in [0.25, 0.3) is 0 Å². The number of nitrogens with zero attached hydrogens (tertiary/aromatic N) is 1. The summed E-state index contributed by atoms with van der Waals surface area (Å²) in [5, 5.41) is 12.0. The first kappa shape index (κ1) is 15.0. The number of nitrogens with one attached hydrogen (secondary N) is 1. The maximum atomic E-state index is 11.8. The molecule has 0 bridgehead atoms. The molecule has 104 valence electrons. The van der Waals surface area contributed by atoms with Crippen molar-refractivity contribution >= 4 is 11.9 Å². The van der Waals surface area contributed by atoms with Gasteiger partial charge in [-0.25, -0.2) is 0 Å². The van der Waals surface area contributed by atoms with Crippen LogP contribution in [-0.4, -0.2) is 47.6 Å². The van der Waals surface area contributed by atoms with Crippen molar-refractivity contribution in [3.05, 3.63) is 0 Å². The van der Waals surface area contributed by atoms with Gasteiger partial charge in [0.1, 0.15) is 0 Å². The Hall–Kier alpha value is -1.10. The van der Waals surface area contributed by atoms with Gasteiger partial charge in [-0.3, -0.25) is 14.5 Å². The fourth-order valence-electron chi connectivity index (χ4n) is 2.19. The second-order valence-electron chi connectivity index (χ2n) is 5.72. The van der Waals surface area contributed by atoms with Gasteiger partial charge < -0.3 is 10.4 Å². The molecule has 0 saturated carbocycles. The van der Waals surface area contributed by atoms with E-state index in [-0.39, 0.29) is 23.8 Å². The molecule has 5 heteroatoms. The second-order valence-corrected chi connectivity index (χ2v) is 5.72.